The molecule has 0 aliphatic heterocycles. The van der Waals surface area contributed by atoms with Crippen LogP contribution >= 0.6 is 23.4 Å². The van der Waals surface area contributed by atoms with Crippen molar-refractivity contribution in [1.29, 1.82) is 0 Å². The van der Waals surface area contributed by atoms with Crippen molar-refractivity contribution in [3.8, 4) is 5.82 Å². The van der Waals surface area contributed by atoms with Crippen molar-refractivity contribution in [1.82, 2.24) is 14.5 Å². The summed E-state index contributed by atoms with van der Waals surface area (Å²) in [6.07, 6.45) is 2.40. The number of rotatable bonds is 5. The van der Waals surface area contributed by atoms with Gasteiger partial charge in [0.25, 0.3) is 5.56 Å². The lowest BCUT2D eigenvalue weighted by Crippen LogP contribution is -2.22. The van der Waals surface area contributed by atoms with Gasteiger partial charge < -0.3 is 4.42 Å². The number of nitrogens with zero attached hydrogens (tertiary/aromatic N) is 3. The summed E-state index contributed by atoms with van der Waals surface area (Å²) < 4.78 is 6.95. The minimum Gasteiger partial charge on any atom is -0.423 e. The fraction of sp³-hybridized carbons (Fsp3) is 0.154. The van der Waals surface area contributed by atoms with Gasteiger partial charge in [-0.15, -0.1) is 0 Å². The van der Waals surface area contributed by atoms with E-state index in [1.807, 2.05) is 56.3 Å². The van der Waals surface area contributed by atoms with Crippen molar-refractivity contribution < 1.29 is 4.42 Å². The number of hydrogen-bond acceptors (Lipinski definition) is 6. The minimum absolute atomic E-state index is 0.195. The SMILES string of the molecule is CCc1cc2oc(=O)cc(CSc3nc4ccccc4c(=O)n3-c3cc(C)ccn3)c2cc1Cl. The molecule has 2 aromatic carbocycles. The van der Waals surface area contributed by atoms with E-state index in [-0.39, 0.29) is 5.56 Å². The molecule has 0 fully saturated rings. The first-order valence-electron chi connectivity index (χ1n) is 10.8. The van der Waals surface area contributed by atoms with Crippen molar-refractivity contribution in [3.05, 3.63) is 103 Å². The largest absolute Gasteiger partial charge is 0.423 e. The van der Waals surface area contributed by atoms with Gasteiger partial charge in [0.2, 0.25) is 0 Å². The molecule has 0 radical (unpaired) electrons. The van der Waals surface area contributed by atoms with Crippen molar-refractivity contribution >= 4 is 45.2 Å². The summed E-state index contributed by atoms with van der Waals surface area (Å²) in [6, 6.07) is 16.1. The van der Waals surface area contributed by atoms with Crippen LogP contribution in [0.5, 0.6) is 0 Å². The molecule has 5 rings (SSSR count). The van der Waals surface area contributed by atoms with E-state index in [0.29, 0.717) is 38.2 Å². The second-order valence-corrected chi connectivity index (χ2v) is 9.27. The molecular weight excluding hydrogens is 470 g/mol. The third-order valence-electron chi connectivity index (χ3n) is 5.61. The van der Waals surface area contributed by atoms with Gasteiger partial charge in [-0.2, -0.15) is 0 Å². The number of fused-ring (bicyclic) bond motifs is 2. The van der Waals surface area contributed by atoms with E-state index in [2.05, 4.69) is 4.98 Å². The Balaban J connectivity index is 1.65. The fourth-order valence-electron chi connectivity index (χ4n) is 3.88. The number of halogens is 1. The predicted molar refractivity (Wildman–Crippen MR) is 136 cm³/mol. The van der Waals surface area contributed by atoms with Gasteiger partial charge in [0, 0.05) is 28.4 Å². The highest BCUT2D eigenvalue weighted by molar-refractivity contribution is 7.98. The summed E-state index contributed by atoms with van der Waals surface area (Å²) >= 11 is 7.80. The lowest BCUT2D eigenvalue weighted by atomic mass is 10.1. The van der Waals surface area contributed by atoms with E-state index in [1.165, 1.54) is 22.4 Å². The lowest BCUT2D eigenvalue weighted by molar-refractivity contribution is 0.559. The first-order chi connectivity index (χ1) is 16.4. The maximum Gasteiger partial charge on any atom is 0.336 e. The first kappa shape index (κ1) is 22.4. The highest BCUT2D eigenvalue weighted by atomic mass is 35.5. The highest BCUT2D eigenvalue weighted by Crippen LogP contribution is 2.30. The molecule has 0 aliphatic carbocycles. The summed E-state index contributed by atoms with van der Waals surface area (Å²) in [6.45, 7) is 3.94. The number of aryl methyl sites for hydroxylation is 2. The quantitative estimate of drug-likeness (QED) is 0.179. The second-order valence-electron chi connectivity index (χ2n) is 7.92. The average Bonchev–Trinajstić information content (AvgIpc) is 2.82. The minimum atomic E-state index is -0.434. The highest BCUT2D eigenvalue weighted by Gasteiger charge is 2.16. The standard InChI is InChI=1S/C26H20ClN3O3S/c1-3-16-11-22-19(13-20(16)27)17(12-24(31)33-22)14-34-26-29-21-7-5-4-6-18(21)25(32)30(26)23-10-15(2)8-9-28-23/h4-13H,3,14H2,1-2H3. The van der Waals surface area contributed by atoms with Gasteiger partial charge in [-0.25, -0.2) is 19.3 Å². The van der Waals surface area contributed by atoms with E-state index in [0.717, 1.165) is 28.5 Å². The molecule has 5 aromatic rings. The zero-order valence-corrected chi connectivity index (χ0v) is 20.1. The van der Waals surface area contributed by atoms with Gasteiger partial charge in [0.1, 0.15) is 11.4 Å². The van der Waals surface area contributed by atoms with Crippen LogP contribution in [0.4, 0.5) is 0 Å². The van der Waals surface area contributed by atoms with Gasteiger partial charge in [-0.1, -0.05) is 42.4 Å². The van der Waals surface area contributed by atoms with E-state index in [1.54, 1.807) is 12.3 Å². The third-order valence-corrected chi connectivity index (χ3v) is 6.95. The van der Waals surface area contributed by atoms with E-state index >= 15 is 0 Å². The lowest BCUT2D eigenvalue weighted by Gasteiger charge is -2.13. The van der Waals surface area contributed by atoms with Crippen LogP contribution in [-0.4, -0.2) is 14.5 Å². The Morgan fingerprint density at radius 2 is 1.85 bits per heavy atom. The molecule has 0 atom stereocenters. The molecule has 3 aromatic heterocycles. The molecule has 0 bridgehead atoms. The number of pyridine rings is 1. The van der Waals surface area contributed by atoms with Crippen LogP contribution in [0.3, 0.4) is 0 Å². The smallest absolute Gasteiger partial charge is 0.336 e. The number of thioether (sulfide) groups is 1. The summed E-state index contributed by atoms with van der Waals surface area (Å²) in [7, 11) is 0. The van der Waals surface area contributed by atoms with Crippen molar-refractivity contribution in [2.24, 2.45) is 0 Å². The molecule has 6 nitrogen and oxygen atoms in total. The molecular formula is C26H20ClN3O3S. The molecule has 34 heavy (non-hydrogen) atoms. The Bertz CT molecular complexity index is 1680. The molecule has 3 heterocycles. The van der Waals surface area contributed by atoms with Crippen molar-refractivity contribution in [2.45, 2.75) is 31.2 Å². The van der Waals surface area contributed by atoms with Crippen LogP contribution < -0.4 is 11.2 Å². The molecule has 8 heteroatoms. The molecule has 0 amide bonds. The van der Waals surface area contributed by atoms with Crippen molar-refractivity contribution in [2.75, 3.05) is 0 Å². The van der Waals surface area contributed by atoms with Crippen LogP contribution in [0.25, 0.3) is 27.7 Å². The van der Waals surface area contributed by atoms with E-state index in [9.17, 15) is 9.59 Å². The monoisotopic (exact) mass is 489 g/mol. The zero-order valence-electron chi connectivity index (χ0n) is 18.5. The Morgan fingerprint density at radius 1 is 1.03 bits per heavy atom. The Labute approximate surface area is 204 Å². The zero-order chi connectivity index (χ0) is 23.8. The number of hydrogen-bond donors (Lipinski definition) is 0. The van der Waals surface area contributed by atoms with Crippen LogP contribution in [0.1, 0.15) is 23.6 Å². The third kappa shape index (κ3) is 4.13. The molecule has 0 saturated carbocycles. The normalized spacial score (nSPS) is 11.4. The Morgan fingerprint density at radius 3 is 2.65 bits per heavy atom. The molecule has 0 saturated heterocycles. The summed E-state index contributed by atoms with van der Waals surface area (Å²) in [4.78, 5) is 34.9. The van der Waals surface area contributed by atoms with Gasteiger partial charge in [-0.05, 0) is 66.4 Å². The maximum absolute atomic E-state index is 13.4. The average molecular weight is 490 g/mol. The Hall–Kier alpha value is -3.42. The molecule has 0 aliphatic rings. The van der Waals surface area contributed by atoms with Crippen molar-refractivity contribution in [3.63, 3.8) is 0 Å². The number of para-hydroxylation sites is 1. The Kier molecular flexibility index (Phi) is 5.98. The maximum atomic E-state index is 13.4. The van der Waals surface area contributed by atoms with E-state index in [4.69, 9.17) is 21.0 Å². The molecule has 0 unspecified atom stereocenters. The summed E-state index contributed by atoms with van der Waals surface area (Å²) in [5, 5.41) is 2.39. The molecule has 170 valence electrons. The van der Waals surface area contributed by atoms with Gasteiger partial charge in [0.05, 0.1) is 10.9 Å². The van der Waals surface area contributed by atoms with E-state index < -0.39 is 5.63 Å². The summed E-state index contributed by atoms with van der Waals surface area (Å²) in [5.74, 6) is 0.888. The van der Waals surface area contributed by atoms with Gasteiger partial charge in [-0.3, -0.25) is 4.79 Å². The van der Waals surface area contributed by atoms with Gasteiger partial charge in [0.15, 0.2) is 5.16 Å². The number of aromatic nitrogens is 3. The topological polar surface area (TPSA) is 78.0 Å². The predicted octanol–water partition coefficient (Wildman–Crippen LogP) is 5.70. The fourth-order valence-corrected chi connectivity index (χ4v) is 5.16. The molecule has 0 spiro atoms. The van der Waals surface area contributed by atoms with Crippen LogP contribution in [0.15, 0.2) is 80.0 Å². The summed E-state index contributed by atoms with van der Waals surface area (Å²) in [5.41, 5.74) is 3.12. The van der Waals surface area contributed by atoms with Crippen LogP contribution in [0.2, 0.25) is 5.02 Å². The second kappa shape index (κ2) is 9.08. The van der Waals surface area contributed by atoms with Gasteiger partial charge >= 0.3 is 5.63 Å². The van der Waals surface area contributed by atoms with Crippen LogP contribution in [0, 0.1) is 6.92 Å². The molecule has 0 N–H and O–H groups in total. The first-order valence-corrected chi connectivity index (χ1v) is 12.1. The number of benzene rings is 2. The van der Waals surface area contributed by atoms with Crippen LogP contribution in [-0.2, 0) is 12.2 Å².